The van der Waals surface area contributed by atoms with Crippen molar-refractivity contribution < 1.29 is 18.3 Å². The van der Waals surface area contributed by atoms with Gasteiger partial charge < -0.3 is 5.11 Å². The molecule has 2 unspecified atom stereocenters. The lowest BCUT2D eigenvalue weighted by Crippen LogP contribution is -2.30. The summed E-state index contributed by atoms with van der Waals surface area (Å²) in [5, 5.41) is 9.09. The van der Waals surface area contributed by atoms with Crippen molar-refractivity contribution in [3.05, 3.63) is 29.8 Å². The molecule has 1 aromatic carbocycles. The van der Waals surface area contributed by atoms with Crippen LogP contribution in [-0.2, 0) is 10.0 Å². The fourth-order valence-electron chi connectivity index (χ4n) is 2.28. The molecule has 1 aromatic rings. The van der Waals surface area contributed by atoms with Gasteiger partial charge in [0.05, 0.1) is 10.5 Å². The van der Waals surface area contributed by atoms with Gasteiger partial charge in [-0.1, -0.05) is 26.0 Å². The van der Waals surface area contributed by atoms with E-state index in [1.165, 1.54) is 22.5 Å². The van der Waals surface area contributed by atoms with Gasteiger partial charge in [0.15, 0.2) is 0 Å². The van der Waals surface area contributed by atoms with Crippen molar-refractivity contribution in [2.24, 2.45) is 11.8 Å². The van der Waals surface area contributed by atoms with Gasteiger partial charge in [0.25, 0.3) is 0 Å². The van der Waals surface area contributed by atoms with E-state index in [9.17, 15) is 13.2 Å². The first-order chi connectivity index (χ1) is 8.84. The topological polar surface area (TPSA) is 74.7 Å². The number of benzene rings is 1. The van der Waals surface area contributed by atoms with Gasteiger partial charge in [0.2, 0.25) is 10.0 Å². The second-order valence-electron chi connectivity index (χ2n) is 5.08. The first kappa shape index (κ1) is 14.0. The molecule has 0 spiro atoms. The zero-order valence-corrected chi connectivity index (χ0v) is 11.7. The Kier molecular flexibility index (Phi) is 3.64. The first-order valence-corrected chi connectivity index (χ1v) is 7.60. The van der Waals surface area contributed by atoms with Crippen LogP contribution in [0.15, 0.2) is 29.2 Å². The first-order valence-electron chi connectivity index (χ1n) is 6.16. The molecule has 1 N–H and O–H groups in total. The second-order valence-corrected chi connectivity index (χ2v) is 6.98. The van der Waals surface area contributed by atoms with E-state index in [1.54, 1.807) is 6.07 Å². The van der Waals surface area contributed by atoms with E-state index in [0.717, 1.165) is 0 Å². The average Bonchev–Trinajstić information content (AvgIpc) is 2.70. The lowest BCUT2D eigenvalue weighted by molar-refractivity contribution is 0.0692. The molecule has 0 aromatic heterocycles. The number of carboxylic acid groups (broad SMARTS) is 1. The molecule has 1 aliphatic heterocycles. The number of sulfonamides is 1. The van der Waals surface area contributed by atoms with E-state index < -0.39 is 16.0 Å². The van der Waals surface area contributed by atoms with Crippen molar-refractivity contribution in [2.45, 2.75) is 18.7 Å². The number of carbonyl (C=O) groups is 1. The highest BCUT2D eigenvalue weighted by molar-refractivity contribution is 7.89. The Labute approximate surface area is 112 Å². The van der Waals surface area contributed by atoms with Crippen molar-refractivity contribution in [1.82, 2.24) is 4.31 Å². The van der Waals surface area contributed by atoms with E-state index in [-0.39, 0.29) is 22.3 Å². The third-order valence-corrected chi connectivity index (χ3v) is 5.58. The van der Waals surface area contributed by atoms with E-state index >= 15 is 0 Å². The summed E-state index contributed by atoms with van der Waals surface area (Å²) in [6, 6.07) is 5.74. The maximum atomic E-state index is 12.5. The molecule has 2 atom stereocenters. The Bertz CT molecular complexity index is 586. The molecule has 1 saturated heterocycles. The van der Waals surface area contributed by atoms with Gasteiger partial charge >= 0.3 is 5.97 Å². The Morgan fingerprint density at radius 1 is 1.21 bits per heavy atom. The van der Waals surface area contributed by atoms with Gasteiger partial charge in [0.1, 0.15) is 0 Å². The maximum absolute atomic E-state index is 12.5. The quantitative estimate of drug-likeness (QED) is 0.915. The van der Waals surface area contributed by atoms with Gasteiger partial charge in [-0.05, 0) is 24.0 Å². The zero-order valence-electron chi connectivity index (χ0n) is 10.9. The van der Waals surface area contributed by atoms with Gasteiger partial charge in [0, 0.05) is 13.1 Å². The van der Waals surface area contributed by atoms with Crippen LogP contribution in [0.2, 0.25) is 0 Å². The molecule has 5 nitrogen and oxygen atoms in total. The van der Waals surface area contributed by atoms with E-state index in [0.29, 0.717) is 13.1 Å². The summed E-state index contributed by atoms with van der Waals surface area (Å²) in [5.41, 5.74) is -0.172. The van der Waals surface area contributed by atoms with Gasteiger partial charge in [-0.25, -0.2) is 13.2 Å². The van der Waals surface area contributed by atoms with Gasteiger partial charge in [-0.3, -0.25) is 0 Å². The molecule has 104 valence electrons. The number of aromatic carboxylic acids is 1. The fraction of sp³-hybridized carbons (Fsp3) is 0.462. The predicted molar refractivity (Wildman–Crippen MR) is 70.5 cm³/mol. The number of rotatable bonds is 3. The lowest BCUT2D eigenvalue weighted by Gasteiger charge is -2.17. The largest absolute Gasteiger partial charge is 0.478 e. The summed E-state index contributed by atoms with van der Waals surface area (Å²) in [4.78, 5) is 11.0. The monoisotopic (exact) mass is 283 g/mol. The van der Waals surface area contributed by atoms with Crippen LogP contribution < -0.4 is 0 Å². The summed E-state index contributed by atoms with van der Waals surface area (Å²) in [7, 11) is -3.73. The predicted octanol–water partition coefficient (Wildman–Crippen LogP) is 1.66. The summed E-state index contributed by atoms with van der Waals surface area (Å²) in [5.74, 6) is -0.655. The Morgan fingerprint density at radius 3 is 2.26 bits per heavy atom. The minimum atomic E-state index is -3.73. The summed E-state index contributed by atoms with van der Waals surface area (Å²) < 4.78 is 26.4. The number of carboxylic acids is 1. The Morgan fingerprint density at radius 2 is 1.74 bits per heavy atom. The van der Waals surface area contributed by atoms with E-state index in [4.69, 9.17) is 5.11 Å². The summed E-state index contributed by atoms with van der Waals surface area (Å²) in [6.45, 7) is 4.89. The van der Waals surface area contributed by atoms with Crippen LogP contribution >= 0.6 is 0 Å². The molecule has 6 heteroatoms. The fourth-order valence-corrected chi connectivity index (χ4v) is 4.11. The molecule has 1 fully saturated rings. The smallest absolute Gasteiger partial charge is 0.337 e. The van der Waals surface area contributed by atoms with E-state index in [2.05, 4.69) is 0 Å². The minimum Gasteiger partial charge on any atom is -0.478 e. The van der Waals surface area contributed by atoms with Crippen LogP contribution in [0, 0.1) is 11.8 Å². The minimum absolute atomic E-state index is 0.121. The molecule has 2 rings (SSSR count). The number of hydrogen-bond acceptors (Lipinski definition) is 3. The van der Waals surface area contributed by atoms with Crippen molar-refractivity contribution in [2.75, 3.05) is 13.1 Å². The van der Waals surface area contributed by atoms with Crippen LogP contribution in [0.25, 0.3) is 0 Å². The average molecular weight is 283 g/mol. The molecule has 0 aliphatic carbocycles. The van der Waals surface area contributed by atoms with Crippen molar-refractivity contribution in [1.29, 1.82) is 0 Å². The van der Waals surface area contributed by atoms with Crippen LogP contribution in [0.5, 0.6) is 0 Å². The molecular formula is C13H17NO4S. The highest BCUT2D eigenvalue weighted by Gasteiger charge is 2.36. The zero-order chi connectivity index (χ0) is 14.2. The van der Waals surface area contributed by atoms with Crippen LogP contribution in [-0.4, -0.2) is 36.9 Å². The Balaban J connectivity index is 2.44. The lowest BCUT2D eigenvalue weighted by atomic mass is 10.0. The summed E-state index contributed by atoms with van der Waals surface area (Å²) in [6.07, 6.45) is 0. The molecular weight excluding hydrogens is 266 g/mol. The highest BCUT2D eigenvalue weighted by atomic mass is 32.2. The number of nitrogens with zero attached hydrogens (tertiary/aromatic N) is 1. The molecule has 0 bridgehead atoms. The maximum Gasteiger partial charge on any atom is 0.337 e. The van der Waals surface area contributed by atoms with Crippen molar-refractivity contribution in [3.63, 3.8) is 0 Å². The van der Waals surface area contributed by atoms with Crippen LogP contribution in [0.4, 0.5) is 0 Å². The molecule has 1 aliphatic rings. The van der Waals surface area contributed by atoms with Gasteiger partial charge in [-0.15, -0.1) is 0 Å². The Hall–Kier alpha value is -1.40. The normalized spacial score (nSPS) is 24.5. The molecule has 1 heterocycles. The third-order valence-electron chi connectivity index (χ3n) is 3.69. The molecule has 0 radical (unpaired) electrons. The molecule has 0 amide bonds. The van der Waals surface area contributed by atoms with E-state index in [1.807, 2.05) is 13.8 Å². The summed E-state index contributed by atoms with van der Waals surface area (Å²) >= 11 is 0. The number of hydrogen-bond donors (Lipinski definition) is 1. The highest BCUT2D eigenvalue weighted by Crippen LogP contribution is 2.29. The van der Waals surface area contributed by atoms with Crippen LogP contribution in [0.1, 0.15) is 24.2 Å². The van der Waals surface area contributed by atoms with Crippen molar-refractivity contribution >= 4 is 16.0 Å². The van der Waals surface area contributed by atoms with Gasteiger partial charge in [-0.2, -0.15) is 4.31 Å². The molecule has 0 saturated carbocycles. The standard InChI is InChI=1S/C13H17NO4S/c1-9-7-14(8-10(9)2)19(17,18)12-6-4-3-5-11(12)13(15)16/h3-6,9-10H,7-8H2,1-2H3,(H,15,16). The molecule has 19 heavy (non-hydrogen) atoms. The SMILES string of the molecule is CC1CN(S(=O)(=O)c2ccccc2C(=O)O)CC1C. The van der Waals surface area contributed by atoms with Crippen LogP contribution in [0.3, 0.4) is 0 Å². The van der Waals surface area contributed by atoms with Crippen molar-refractivity contribution in [3.8, 4) is 0 Å². The third kappa shape index (κ3) is 2.50. The second kappa shape index (κ2) is 4.94.